The van der Waals surface area contributed by atoms with Gasteiger partial charge in [-0.25, -0.2) is 0 Å². The van der Waals surface area contributed by atoms with E-state index in [9.17, 15) is 0 Å². The zero-order valence-corrected chi connectivity index (χ0v) is 12.0. The van der Waals surface area contributed by atoms with Crippen LogP contribution in [0.2, 0.25) is 0 Å². The molecule has 2 aliphatic rings. The molecule has 104 valence electrons. The molecule has 1 atom stereocenters. The van der Waals surface area contributed by atoms with Gasteiger partial charge in [-0.3, -0.25) is 0 Å². The number of fused-ring (bicyclic) bond motifs is 1. The summed E-state index contributed by atoms with van der Waals surface area (Å²) in [6.45, 7) is 4.22. The lowest BCUT2D eigenvalue weighted by Crippen LogP contribution is -2.33. The molecule has 1 aromatic carbocycles. The second kappa shape index (κ2) is 5.96. The Hall–Kier alpha value is -1.02. The zero-order valence-electron chi connectivity index (χ0n) is 12.0. The third-order valence-electron chi connectivity index (χ3n) is 4.53. The molecule has 1 aromatic rings. The highest BCUT2D eigenvalue weighted by Crippen LogP contribution is 2.42. The highest BCUT2D eigenvalue weighted by atomic mass is 16.5. The summed E-state index contributed by atoms with van der Waals surface area (Å²) in [7, 11) is 0. The van der Waals surface area contributed by atoms with Crippen molar-refractivity contribution in [2.75, 3.05) is 13.2 Å². The number of para-hydroxylation sites is 1. The summed E-state index contributed by atoms with van der Waals surface area (Å²) in [5, 5.41) is 3.76. The Morgan fingerprint density at radius 3 is 2.95 bits per heavy atom. The molecule has 0 saturated heterocycles. The van der Waals surface area contributed by atoms with Gasteiger partial charge in [0.2, 0.25) is 0 Å². The normalized spacial score (nSPS) is 20.3. The van der Waals surface area contributed by atoms with Crippen LogP contribution in [0.25, 0.3) is 0 Å². The van der Waals surface area contributed by atoms with Crippen molar-refractivity contribution in [1.29, 1.82) is 0 Å². The summed E-state index contributed by atoms with van der Waals surface area (Å²) in [6, 6.07) is 7.22. The van der Waals surface area contributed by atoms with Crippen LogP contribution in [-0.4, -0.2) is 13.2 Å². The van der Waals surface area contributed by atoms with Crippen molar-refractivity contribution in [3.8, 4) is 5.75 Å². The molecule has 0 spiro atoms. The second-order valence-corrected chi connectivity index (χ2v) is 5.91. The molecule has 3 rings (SSSR count). The fraction of sp³-hybridized carbons (Fsp3) is 0.647. The van der Waals surface area contributed by atoms with Crippen molar-refractivity contribution >= 4 is 0 Å². The van der Waals surface area contributed by atoms with Gasteiger partial charge in [-0.15, -0.1) is 0 Å². The summed E-state index contributed by atoms with van der Waals surface area (Å²) in [4.78, 5) is 0. The molecule has 2 heteroatoms. The van der Waals surface area contributed by atoms with Gasteiger partial charge in [-0.05, 0) is 50.1 Å². The van der Waals surface area contributed by atoms with Gasteiger partial charge in [0.05, 0.1) is 6.61 Å². The third kappa shape index (κ3) is 2.64. The number of ether oxygens (including phenoxy) is 1. The Balaban J connectivity index is 1.88. The first-order valence-electron chi connectivity index (χ1n) is 7.88. The molecule has 1 heterocycles. The SMILES string of the molecule is CCCNC(c1cccc2c1OCCC2)C1CCC1. The lowest BCUT2D eigenvalue weighted by molar-refractivity contribution is 0.219. The van der Waals surface area contributed by atoms with E-state index in [2.05, 4.69) is 30.4 Å². The minimum Gasteiger partial charge on any atom is -0.493 e. The maximum Gasteiger partial charge on any atom is 0.127 e. The van der Waals surface area contributed by atoms with Crippen LogP contribution in [0.1, 0.15) is 56.2 Å². The summed E-state index contributed by atoms with van der Waals surface area (Å²) in [5.74, 6) is 2.00. The molecule has 1 aliphatic carbocycles. The number of hydrogen-bond acceptors (Lipinski definition) is 2. The van der Waals surface area contributed by atoms with Gasteiger partial charge in [-0.2, -0.15) is 0 Å². The van der Waals surface area contributed by atoms with Gasteiger partial charge in [0.1, 0.15) is 5.75 Å². The highest BCUT2D eigenvalue weighted by molar-refractivity contribution is 5.45. The van der Waals surface area contributed by atoms with Crippen LogP contribution in [0.5, 0.6) is 5.75 Å². The van der Waals surface area contributed by atoms with Crippen LogP contribution in [0, 0.1) is 5.92 Å². The smallest absolute Gasteiger partial charge is 0.127 e. The van der Waals surface area contributed by atoms with Crippen LogP contribution >= 0.6 is 0 Å². The maximum atomic E-state index is 5.99. The minimum absolute atomic E-state index is 0.502. The molecular formula is C17H25NO. The van der Waals surface area contributed by atoms with Gasteiger partial charge in [0, 0.05) is 11.6 Å². The Kier molecular flexibility index (Phi) is 4.07. The first-order valence-corrected chi connectivity index (χ1v) is 7.88. The summed E-state index contributed by atoms with van der Waals surface area (Å²) < 4.78 is 5.99. The molecule has 1 saturated carbocycles. The number of nitrogens with one attached hydrogen (secondary N) is 1. The summed E-state index contributed by atoms with van der Waals surface area (Å²) in [5.41, 5.74) is 2.82. The summed E-state index contributed by atoms with van der Waals surface area (Å²) in [6.07, 6.45) is 7.65. The molecule has 1 unspecified atom stereocenters. The van der Waals surface area contributed by atoms with Crippen molar-refractivity contribution in [3.63, 3.8) is 0 Å². The largest absolute Gasteiger partial charge is 0.493 e. The van der Waals surface area contributed by atoms with E-state index in [0.29, 0.717) is 6.04 Å². The van der Waals surface area contributed by atoms with Crippen molar-refractivity contribution in [2.24, 2.45) is 5.92 Å². The molecule has 1 aliphatic heterocycles. The molecule has 19 heavy (non-hydrogen) atoms. The Bertz CT molecular complexity index is 425. The fourth-order valence-electron chi connectivity index (χ4n) is 3.26. The zero-order chi connectivity index (χ0) is 13.1. The van der Waals surface area contributed by atoms with Crippen LogP contribution < -0.4 is 10.1 Å². The average Bonchev–Trinajstić information content (AvgIpc) is 2.41. The quantitative estimate of drug-likeness (QED) is 0.867. The molecular weight excluding hydrogens is 234 g/mol. The lowest BCUT2D eigenvalue weighted by atomic mass is 9.76. The Labute approximate surface area is 116 Å². The van der Waals surface area contributed by atoms with Gasteiger partial charge < -0.3 is 10.1 Å². The van der Waals surface area contributed by atoms with Crippen molar-refractivity contribution < 1.29 is 4.74 Å². The van der Waals surface area contributed by atoms with E-state index in [0.717, 1.165) is 25.5 Å². The molecule has 0 aromatic heterocycles. The molecule has 0 bridgehead atoms. The Morgan fingerprint density at radius 1 is 1.32 bits per heavy atom. The Morgan fingerprint density at radius 2 is 2.21 bits per heavy atom. The van der Waals surface area contributed by atoms with Crippen LogP contribution in [0.3, 0.4) is 0 Å². The van der Waals surface area contributed by atoms with Gasteiger partial charge in [0.15, 0.2) is 0 Å². The van der Waals surface area contributed by atoms with E-state index in [1.165, 1.54) is 49.0 Å². The monoisotopic (exact) mass is 259 g/mol. The van der Waals surface area contributed by atoms with Crippen molar-refractivity contribution in [1.82, 2.24) is 5.32 Å². The third-order valence-corrected chi connectivity index (χ3v) is 4.53. The van der Waals surface area contributed by atoms with Crippen LogP contribution in [0.4, 0.5) is 0 Å². The minimum atomic E-state index is 0.502. The number of aryl methyl sites for hydroxylation is 1. The number of hydrogen-bond donors (Lipinski definition) is 1. The van der Waals surface area contributed by atoms with Gasteiger partial charge in [0.25, 0.3) is 0 Å². The van der Waals surface area contributed by atoms with E-state index < -0.39 is 0 Å². The standard InChI is InChI=1S/C17H25NO/c1-2-11-18-16(13-6-3-7-13)15-10-4-8-14-9-5-12-19-17(14)15/h4,8,10,13,16,18H,2-3,5-7,9,11-12H2,1H3. The van der Waals surface area contributed by atoms with Gasteiger partial charge >= 0.3 is 0 Å². The number of benzene rings is 1. The van der Waals surface area contributed by atoms with E-state index in [1.807, 2.05) is 0 Å². The predicted molar refractivity (Wildman–Crippen MR) is 78.6 cm³/mol. The number of rotatable bonds is 5. The topological polar surface area (TPSA) is 21.3 Å². The highest BCUT2D eigenvalue weighted by Gasteiger charge is 2.31. The van der Waals surface area contributed by atoms with Crippen molar-refractivity contribution in [2.45, 2.75) is 51.5 Å². The average molecular weight is 259 g/mol. The molecule has 1 fully saturated rings. The summed E-state index contributed by atoms with van der Waals surface area (Å²) >= 11 is 0. The fourth-order valence-corrected chi connectivity index (χ4v) is 3.26. The van der Waals surface area contributed by atoms with Crippen LogP contribution in [0.15, 0.2) is 18.2 Å². The van der Waals surface area contributed by atoms with Crippen LogP contribution in [-0.2, 0) is 6.42 Å². The lowest BCUT2D eigenvalue weighted by Gasteiger charge is -2.36. The van der Waals surface area contributed by atoms with E-state index in [4.69, 9.17) is 4.74 Å². The van der Waals surface area contributed by atoms with E-state index >= 15 is 0 Å². The molecule has 1 N–H and O–H groups in total. The van der Waals surface area contributed by atoms with Crippen molar-refractivity contribution in [3.05, 3.63) is 29.3 Å². The molecule has 2 nitrogen and oxygen atoms in total. The van der Waals surface area contributed by atoms with E-state index in [1.54, 1.807) is 0 Å². The first kappa shape index (κ1) is 13.0. The molecule has 0 amide bonds. The van der Waals surface area contributed by atoms with Gasteiger partial charge in [-0.1, -0.05) is 31.5 Å². The van der Waals surface area contributed by atoms with E-state index in [-0.39, 0.29) is 0 Å². The second-order valence-electron chi connectivity index (χ2n) is 5.91. The molecule has 0 radical (unpaired) electrons. The predicted octanol–water partition coefficient (Wildman–Crippen LogP) is 3.85. The first-order chi connectivity index (χ1) is 9.40. The maximum absolute atomic E-state index is 5.99.